The maximum Gasteiger partial charge on any atom is 0.303 e. The van der Waals surface area contributed by atoms with E-state index < -0.39 is 5.97 Å². The first-order chi connectivity index (χ1) is 26.7. The minimum Gasteiger partial charge on any atom is -0.481 e. The van der Waals surface area contributed by atoms with Crippen molar-refractivity contribution < 1.29 is 48.0 Å². The summed E-state index contributed by atoms with van der Waals surface area (Å²) >= 11 is 1.47. The van der Waals surface area contributed by atoms with Crippen molar-refractivity contribution in [2.45, 2.75) is 141 Å². The van der Waals surface area contributed by atoms with Gasteiger partial charge in [-0.1, -0.05) is 89.9 Å². The van der Waals surface area contributed by atoms with E-state index in [0.717, 1.165) is 32.1 Å². The van der Waals surface area contributed by atoms with Gasteiger partial charge >= 0.3 is 5.97 Å². The lowest BCUT2D eigenvalue weighted by Crippen LogP contribution is -2.34. The molecule has 0 unspecified atom stereocenters. The number of carbonyl (C=O) groups is 5. The monoisotopic (exact) mass is 805 g/mol. The average Bonchev–Trinajstić information content (AvgIpc) is 3.15. The molecule has 0 rings (SSSR count). The molecule has 0 saturated heterocycles. The molecule has 0 bridgehead atoms. The molecule has 0 aliphatic rings. The van der Waals surface area contributed by atoms with Gasteiger partial charge in [-0.05, 0) is 32.4 Å². The van der Waals surface area contributed by atoms with E-state index in [1.54, 1.807) is 0 Å². The van der Waals surface area contributed by atoms with Crippen molar-refractivity contribution >= 4 is 41.4 Å². The smallest absolute Gasteiger partial charge is 0.303 e. The number of nitrogens with one attached hydrogen (secondary N) is 4. The van der Waals surface area contributed by atoms with Crippen LogP contribution in [-0.4, -0.2) is 125 Å². The highest BCUT2D eigenvalue weighted by Gasteiger charge is 2.10. The van der Waals surface area contributed by atoms with Crippen LogP contribution < -0.4 is 21.3 Å². The largest absolute Gasteiger partial charge is 0.481 e. The Labute approximate surface area is 335 Å². The normalized spacial score (nSPS) is 11.6. The van der Waals surface area contributed by atoms with Crippen LogP contribution in [0.5, 0.6) is 0 Å². The number of carbonyl (C=O) groups excluding carboxylic acids is 4. The highest BCUT2D eigenvalue weighted by atomic mass is 32.2. The Morgan fingerprint density at radius 1 is 0.491 bits per heavy atom. The lowest BCUT2D eigenvalue weighted by molar-refractivity contribution is -0.137. The van der Waals surface area contributed by atoms with Crippen molar-refractivity contribution in [3.63, 3.8) is 0 Å². The topological polar surface area (TPSA) is 191 Å². The summed E-state index contributed by atoms with van der Waals surface area (Å²) in [6.45, 7) is 5.53. The van der Waals surface area contributed by atoms with E-state index in [1.165, 1.54) is 82.4 Å². The van der Waals surface area contributed by atoms with E-state index in [0.29, 0.717) is 90.7 Å². The standard InChI is InChI=1S/C40H76N4O10S/c1-35(44-37(46)19-17-15-13-11-9-7-5-3-4-6-8-10-12-14-16-18-20-40(49)50)21-22-36(45)41-23-26-53-31-32-54-33-38(47)42-24-27-51-29-30-52-28-25-43-39(48)34-55-2/h35H,3-34H2,1-2H3,(H,41,45)(H,42,47)(H,43,48)(H,44,46)(H,49,50)/t35-/m1/s1. The first-order valence-electron chi connectivity index (χ1n) is 20.9. The molecular weight excluding hydrogens is 729 g/mol. The van der Waals surface area contributed by atoms with Crippen LogP contribution in [0, 0.1) is 0 Å². The third-order valence-electron chi connectivity index (χ3n) is 8.71. The molecule has 15 heteroatoms. The third-order valence-corrected chi connectivity index (χ3v) is 9.27. The Hall–Kier alpha value is -2.46. The Kier molecular flexibility index (Phi) is 39.3. The van der Waals surface area contributed by atoms with E-state index in [4.69, 9.17) is 24.1 Å². The van der Waals surface area contributed by atoms with Gasteiger partial charge in [0.15, 0.2) is 0 Å². The molecule has 0 aromatic rings. The first kappa shape index (κ1) is 52.5. The van der Waals surface area contributed by atoms with Crippen LogP contribution in [0.4, 0.5) is 0 Å². The molecule has 0 fully saturated rings. The van der Waals surface area contributed by atoms with Crippen LogP contribution >= 0.6 is 11.8 Å². The van der Waals surface area contributed by atoms with Gasteiger partial charge in [0.25, 0.3) is 0 Å². The molecule has 0 heterocycles. The fraction of sp³-hybridized carbons (Fsp3) is 0.875. The van der Waals surface area contributed by atoms with E-state index >= 15 is 0 Å². The molecule has 0 aliphatic carbocycles. The SMILES string of the molecule is CSCC(=O)NCCOCCOCCNC(=O)COCCOCCNC(=O)CC[C@@H](C)NC(=O)CCCCCCCCCCCCCCCCCCC(=O)O. The quantitative estimate of drug-likeness (QED) is 0.0513. The summed E-state index contributed by atoms with van der Waals surface area (Å²) in [7, 11) is 0. The van der Waals surface area contributed by atoms with Gasteiger partial charge in [0.2, 0.25) is 23.6 Å². The summed E-state index contributed by atoms with van der Waals surface area (Å²) in [5.74, 6) is -0.535. The maximum absolute atomic E-state index is 12.3. The lowest BCUT2D eigenvalue weighted by atomic mass is 10.0. The van der Waals surface area contributed by atoms with Crippen LogP contribution in [0.2, 0.25) is 0 Å². The molecule has 0 saturated carbocycles. The molecule has 14 nitrogen and oxygen atoms in total. The van der Waals surface area contributed by atoms with Crippen LogP contribution in [0.15, 0.2) is 0 Å². The minimum absolute atomic E-state index is 0.00783. The minimum atomic E-state index is -0.686. The van der Waals surface area contributed by atoms with Gasteiger partial charge in [-0.15, -0.1) is 0 Å². The fourth-order valence-electron chi connectivity index (χ4n) is 5.62. The molecule has 1 atom stereocenters. The van der Waals surface area contributed by atoms with Gasteiger partial charge in [-0.3, -0.25) is 24.0 Å². The number of carboxylic acid groups (broad SMARTS) is 1. The number of amides is 4. The average molecular weight is 805 g/mol. The Morgan fingerprint density at radius 2 is 0.891 bits per heavy atom. The van der Waals surface area contributed by atoms with Crippen molar-refractivity contribution in [3.05, 3.63) is 0 Å². The number of carboxylic acids is 1. The molecular formula is C40H76N4O10S. The highest BCUT2D eigenvalue weighted by Crippen LogP contribution is 2.14. The summed E-state index contributed by atoms with van der Waals surface area (Å²) in [5, 5.41) is 19.9. The third kappa shape index (κ3) is 42.5. The van der Waals surface area contributed by atoms with Crippen molar-refractivity contribution in [2.24, 2.45) is 0 Å². The Morgan fingerprint density at radius 3 is 1.35 bits per heavy atom. The van der Waals surface area contributed by atoms with Crippen LogP contribution in [0.25, 0.3) is 0 Å². The van der Waals surface area contributed by atoms with Gasteiger partial charge in [0.05, 0.1) is 52.0 Å². The molecule has 322 valence electrons. The zero-order valence-corrected chi connectivity index (χ0v) is 35.1. The number of hydrogen-bond donors (Lipinski definition) is 5. The highest BCUT2D eigenvalue weighted by molar-refractivity contribution is 7.99. The van der Waals surface area contributed by atoms with E-state index in [9.17, 15) is 24.0 Å². The number of thioether (sulfide) groups is 1. The second-order valence-corrected chi connectivity index (χ2v) is 14.8. The van der Waals surface area contributed by atoms with Gasteiger partial charge in [-0.2, -0.15) is 11.8 Å². The number of ether oxygens (including phenoxy) is 4. The van der Waals surface area contributed by atoms with Crippen molar-refractivity contribution in [1.82, 2.24) is 21.3 Å². The second kappa shape index (κ2) is 41.2. The molecule has 0 aromatic heterocycles. The summed E-state index contributed by atoms with van der Waals surface area (Å²) in [6.07, 6.45) is 22.6. The Bertz CT molecular complexity index is 963. The summed E-state index contributed by atoms with van der Waals surface area (Å²) < 4.78 is 21.5. The zero-order chi connectivity index (χ0) is 40.5. The molecule has 0 aliphatic heterocycles. The van der Waals surface area contributed by atoms with Gasteiger partial charge in [0.1, 0.15) is 6.61 Å². The molecule has 0 radical (unpaired) electrons. The summed E-state index contributed by atoms with van der Waals surface area (Å²) in [5.41, 5.74) is 0. The molecule has 55 heavy (non-hydrogen) atoms. The number of rotatable bonds is 42. The molecule has 5 N–H and O–H groups in total. The zero-order valence-electron chi connectivity index (χ0n) is 34.2. The molecule has 0 spiro atoms. The predicted octanol–water partition coefficient (Wildman–Crippen LogP) is 5.16. The van der Waals surface area contributed by atoms with Crippen LogP contribution in [-0.2, 0) is 42.9 Å². The molecule has 4 amide bonds. The Balaban J connectivity index is 3.44. The maximum atomic E-state index is 12.3. The van der Waals surface area contributed by atoms with E-state index in [1.807, 2.05) is 13.2 Å². The molecule has 0 aromatic carbocycles. The second-order valence-electron chi connectivity index (χ2n) is 13.9. The van der Waals surface area contributed by atoms with Gasteiger partial charge in [-0.25, -0.2) is 0 Å². The predicted molar refractivity (Wildman–Crippen MR) is 218 cm³/mol. The van der Waals surface area contributed by atoms with Crippen LogP contribution in [0.1, 0.15) is 135 Å². The fourth-order valence-corrected chi connectivity index (χ4v) is 5.98. The number of hydrogen-bond acceptors (Lipinski definition) is 10. The first-order valence-corrected chi connectivity index (χ1v) is 22.2. The number of unbranched alkanes of at least 4 members (excludes halogenated alkanes) is 15. The summed E-state index contributed by atoms with van der Waals surface area (Å²) in [6, 6.07) is -0.0616. The van der Waals surface area contributed by atoms with Crippen molar-refractivity contribution in [1.29, 1.82) is 0 Å². The van der Waals surface area contributed by atoms with Crippen LogP contribution in [0.3, 0.4) is 0 Å². The van der Waals surface area contributed by atoms with Gasteiger partial charge in [0, 0.05) is 44.9 Å². The van der Waals surface area contributed by atoms with Crippen molar-refractivity contribution in [2.75, 3.05) is 84.5 Å². The lowest BCUT2D eigenvalue weighted by Gasteiger charge is -2.14. The number of aliphatic carboxylic acids is 1. The van der Waals surface area contributed by atoms with Gasteiger partial charge < -0.3 is 45.3 Å². The van der Waals surface area contributed by atoms with E-state index in [-0.39, 0.29) is 42.9 Å². The van der Waals surface area contributed by atoms with E-state index in [2.05, 4.69) is 21.3 Å². The van der Waals surface area contributed by atoms with Crippen molar-refractivity contribution in [3.8, 4) is 0 Å². The summed E-state index contributed by atoms with van der Waals surface area (Å²) in [4.78, 5) is 58.1.